The van der Waals surface area contributed by atoms with Crippen LogP contribution in [-0.2, 0) is 0 Å². The summed E-state index contributed by atoms with van der Waals surface area (Å²) in [5.41, 5.74) is 11.9. The van der Waals surface area contributed by atoms with Crippen molar-refractivity contribution >= 4 is 11.6 Å². The van der Waals surface area contributed by atoms with Crippen LogP contribution in [0.4, 0.5) is 4.39 Å². The second-order valence-corrected chi connectivity index (χ2v) is 3.26. The molecule has 0 saturated carbocycles. The topological polar surface area (TPSA) is 52.0 Å². The zero-order chi connectivity index (χ0) is 9.84. The Balaban J connectivity index is 2.84. The molecule has 1 rings (SSSR count). The molecule has 0 aromatic heterocycles. The Morgan fingerprint density at radius 2 is 2.15 bits per heavy atom. The van der Waals surface area contributed by atoms with Crippen molar-refractivity contribution in [3.63, 3.8) is 0 Å². The molecule has 1 atom stereocenters. The number of halogens is 2. The molecule has 0 saturated heterocycles. The van der Waals surface area contributed by atoms with Crippen LogP contribution in [0.15, 0.2) is 18.2 Å². The molecule has 0 heterocycles. The summed E-state index contributed by atoms with van der Waals surface area (Å²) in [6.45, 7) is 0.510. The lowest BCUT2D eigenvalue weighted by atomic mass is 10.1. The monoisotopic (exact) mass is 202 g/mol. The lowest BCUT2D eigenvalue weighted by Crippen LogP contribution is -2.15. The van der Waals surface area contributed by atoms with E-state index in [9.17, 15) is 4.39 Å². The zero-order valence-corrected chi connectivity index (χ0v) is 7.89. The van der Waals surface area contributed by atoms with Gasteiger partial charge in [-0.25, -0.2) is 4.39 Å². The fraction of sp³-hybridized carbons (Fsp3) is 0.333. The Hall–Kier alpha value is -0.640. The summed E-state index contributed by atoms with van der Waals surface area (Å²) in [5, 5.41) is 0.102. The van der Waals surface area contributed by atoms with E-state index in [4.69, 9.17) is 23.1 Å². The molecular formula is C9H12ClFN2. The lowest BCUT2D eigenvalue weighted by Gasteiger charge is -2.10. The Morgan fingerprint density at radius 3 is 2.69 bits per heavy atom. The van der Waals surface area contributed by atoms with Crippen LogP contribution >= 0.6 is 11.6 Å². The standard InChI is InChI=1S/C9H12ClFN2/c10-7-5-6(1-2-8(7)11)9(13)3-4-12/h1-2,5,9H,3-4,12-13H2/t9-/m0/s1. The summed E-state index contributed by atoms with van der Waals surface area (Å²) in [4.78, 5) is 0. The van der Waals surface area contributed by atoms with Crippen LogP contribution in [0.25, 0.3) is 0 Å². The smallest absolute Gasteiger partial charge is 0.141 e. The van der Waals surface area contributed by atoms with Crippen molar-refractivity contribution in [2.45, 2.75) is 12.5 Å². The van der Waals surface area contributed by atoms with Gasteiger partial charge < -0.3 is 11.5 Å². The molecule has 0 spiro atoms. The molecule has 1 aromatic rings. The fourth-order valence-electron chi connectivity index (χ4n) is 1.09. The van der Waals surface area contributed by atoms with Gasteiger partial charge in [0.1, 0.15) is 5.82 Å². The van der Waals surface area contributed by atoms with Crippen molar-refractivity contribution in [2.75, 3.05) is 6.54 Å². The van der Waals surface area contributed by atoms with Gasteiger partial charge in [0.25, 0.3) is 0 Å². The summed E-state index contributed by atoms with van der Waals surface area (Å²) in [7, 11) is 0. The van der Waals surface area contributed by atoms with Crippen molar-refractivity contribution in [2.24, 2.45) is 11.5 Å². The molecule has 72 valence electrons. The van der Waals surface area contributed by atoms with Crippen molar-refractivity contribution in [3.05, 3.63) is 34.6 Å². The Kier molecular flexibility index (Phi) is 3.66. The molecule has 4 heteroatoms. The molecular weight excluding hydrogens is 191 g/mol. The molecule has 0 aliphatic heterocycles. The van der Waals surface area contributed by atoms with E-state index in [0.717, 1.165) is 5.56 Å². The van der Waals surface area contributed by atoms with E-state index in [1.54, 1.807) is 6.07 Å². The van der Waals surface area contributed by atoms with E-state index in [1.165, 1.54) is 12.1 Å². The van der Waals surface area contributed by atoms with Crippen molar-refractivity contribution < 1.29 is 4.39 Å². The molecule has 0 unspecified atom stereocenters. The van der Waals surface area contributed by atoms with Gasteiger partial charge in [-0.3, -0.25) is 0 Å². The number of benzene rings is 1. The summed E-state index contributed by atoms with van der Waals surface area (Å²) in [5.74, 6) is -0.426. The van der Waals surface area contributed by atoms with Crippen LogP contribution in [0.1, 0.15) is 18.0 Å². The largest absolute Gasteiger partial charge is 0.330 e. The summed E-state index contributed by atoms with van der Waals surface area (Å²) < 4.78 is 12.8. The second-order valence-electron chi connectivity index (χ2n) is 2.86. The van der Waals surface area contributed by atoms with Crippen molar-refractivity contribution in [1.82, 2.24) is 0 Å². The van der Waals surface area contributed by atoms with Gasteiger partial charge in [0, 0.05) is 6.04 Å². The van der Waals surface area contributed by atoms with E-state index in [-0.39, 0.29) is 11.1 Å². The third-order valence-electron chi connectivity index (χ3n) is 1.85. The van der Waals surface area contributed by atoms with Crippen LogP contribution in [0.2, 0.25) is 5.02 Å². The predicted octanol–water partition coefficient (Wildman–Crippen LogP) is 1.83. The van der Waals surface area contributed by atoms with Gasteiger partial charge in [0.15, 0.2) is 0 Å². The first kappa shape index (κ1) is 10.4. The van der Waals surface area contributed by atoms with Gasteiger partial charge in [0.2, 0.25) is 0 Å². The average Bonchev–Trinajstić information content (AvgIpc) is 2.10. The number of rotatable bonds is 3. The van der Waals surface area contributed by atoms with E-state index in [1.807, 2.05) is 0 Å². The van der Waals surface area contributed by atoms with Crippen LogP contribution in [0.5, 0.6) is 0 Å². The summed E-state index contributed by atoms with van der Waals surface area (Å²) in [6, 6.07) is 4.32. The van der Waals surface area contributed by atoms with E-state index in [0.29, 0.717) is 13.0 Å². The normalized spacial score (nSPS) is 12.9. The third kappa shape index (κ3) is 2.66. The second kappa shape index (κ2) is 4.56. The van der Waals surface area contributed by atoms with E-state index < -0.39 is 5.82 Å². The minimum atomic E-state index is -0.426. The highest BCUT2D eigenvalue weighted by atomic mass is 35.5. The van der Waals surface area contributed by atoms with Crippen LogP contribution in [0, 0.1) is 5.82 Å². The van der Waals surface area contributed by atoms with E-state index >= 15 is 0 Å². The minimum absolute atomic E-state index is 0.102. The highest BCUT2D eigenvalue weighted by Crippen LogP contribution is 2.20. The first-order chi connectivity index (χ1) is 6.15. The quantitative estimate of drug-likeness (QED) is 0.786. The molecule has 13 heavy (non-hydrogen) atoms. The Bertz CT molecular complexity index is 291. The number of nitrogens with two attached hydrogens (primary N) is 2. The highest BCUT2D eigenvalue weighted by Gasteiger charge is 2.07. The van der Waals surface area contributed by atoms with Crippen LogP contribution in [0.3, 0.4) is 0 Å². The van der Waals surface area contributed by atoms with E-state index in [2.05, 4.69) is 0 Å². The van der Waals surface area contributed by atoms with Gasteiger partial charge >= 0.3 is 0 Å². The SMILES string of the molecule is NCC[C@H](N)c1ccc(F)c(Cl)c1. The highest BCUT2D eigenvalue weighted by molar-refractivity contribution is 6.30. The summed E-state index contributed by atoms with van der Waals surface area (Å²) >= 11 is 5.60. The van der Waals surface area contributed by atoms with Crippen molar-refractivity contribution in [3.8, 4) is 0 Å². The molecule has 4 N–H and O–H groups in total. The molecule has 0 fully saturated rings. The minimum Gasteiger partial charge on any atom is -0.330 e. The maximum atomic E-state index is 12.8. The van der Waals surface area contributed by atoms with Crippen LogP contribution < -0.4 is 11.5 Å². The molecule has 1 aromatic carbocycles. The third-order valence-corrected chi connectivity index (χ3v) is 2.14. The molecule has 2 nitrogen and oxygen atoms in total. The Morgan fingerprint density at radius 1 is 1.46 bits per heavy atom. The maximum absolute atomic E-state index is 12.8. The van der Waals surface area contributed by atoms with Crippen LogP contribution in [-0.4, -0.2) is 6.54 Å². The first-order valence-electron chi connectivity index (χ1n) is 4.05. The first-order valence-corrected chi connectivity index (χ1v) is 4.43. The number of hydrogen-bond acceptors (Lipinski definition) is 2. The summed E-state index contributed by atoms with van der Waals surface area (Å²) in [6.07, 6.45) is 0.669. The van der Waals surface area contributed by atoms with Gasteiger partial charge in [-0.2, -0.15) is 0 Å². The fourth-order valence-corrected chi connectivity index (χ4v) is 1.28. The van der Waals surface area contributed by atoms with Crippen molar-refractivity contribution in [1.29, 1.82) is 0 Å². The number of hydrogen-bond donors (Lipinski definition) is 2. The molecule has 0 bridgehead atoms. The van der Waals surface area contributed by atoms with Gasteiger partial charge in [0.05, 0.1) is 5.02 Å². The molecule has 0 amide bonds. The predicted molar refractivity (Wildman–Crippen MR) is 52.0 cm³/mol. The molecule has 0 radical (unpaired) electrons. The van der Waals surface area contributed by atoms with Gasteiger partial charge in [-0.1, -0.05) is 17.7 Å². The molecule has 0 aliphatic carbocycles. The maximum Gasteiger partial charge on any atom is 0.141 e. The zero-order valence-electron chi connectivity index (χ0n) is 7.13. The Labute approximate surface area is 81.7 Å². The molecule has 0 aliphatic rings. The lowest BCUT2D eigenvalue weighted by molar-refractivity contribution is 0.621. The average molecular weight is 203 g/mol. The van der Waals surface area contributed by atoms with Gasteiger partial charge in [-0.05, 0) is 30.7 Å². The van der Waals surface area contributed by atoms with Gasteiger partial charge in [-0.15, -0.1) is 0 Å².